The molecule has 0 heterocycles. The molecule has 0 atom stereocenters. The maximum Gasteiger partial charge on any atom is 0.257 e. The molecule has 20 heavy (non-hydrogen) atoms. The molecule has 0 bridgehead atoms. The number of rotatable bonds is 4. The maximum atomic E-state index is 12.5. The minimum absolute atomic E-state index is 0.0298. The van der Waals surface area contributed by atoms with E-state index in [1.165, 1.54) is 4.90 Å². The molecule has 100 valence electrons. The van der Waals surface area contributed by atoms with E-state index < -0.39 is 0 Å². The van der Waals surface area contributed by atoms with Gasteiger partial charge in [-0.15, -0.1) is 0 Å². The van der Waals surface area contributed by atoms with E-state index in [0.29, 0.717) is 17.8 Å². The maximum absolute atomic E-state index is 12.5. The molecule has 0 aliphatic rings. The summed E-state index contributed by atoms with van der Waals surface area (Å²) in [6.45, 7) is 0.420. The average Bonchev–Trinajstić information content (AvgIpc) is 2.48. The highest BCUT2D eigenvalue weighted by Gasteiger charge is 2.17. The van der Waals surface area contributed by atoms with Gasteiger partial charge in [0.05, 0.1) is 11.6 Å². The van der Waals surface area contributed by atoms with E-state index in [0.717, 1.165) is 5.56 Å². The van der Waals surface area contributed by atoms with Crippen molar-refractivity contribution in [2.45, 2.75) is 6.54 Å². The summed E-state index contributed by atoms with van der Waals surface area (Å²) < 4.78 is 0. The molecule has 1 amide bonds. The van der Waals surface area contributed by atoms with Crippen LogP contribution in [0.2, 0.25) is 0 Å². The Balaban J connectivity index is 2.23. The summed E-state index contributed by atoms with van der Waals surface area (Å²) in [5.74, 6) is -0.228. The Bertz CT molecular complexity index is 632. The summed E-state index contributed by atoms with van der Waals surface area (Å²) in [4.78, 5) is 13.9. The zero-order valence-electron chi connectivity index (χ0n) is 11.0. The Hall–Kier alpha value is -2.80. The quantitative estimate of drug-likeness (QED) is 0.681. The molecule has 0 saturated heterocycles. The summed E-state index contributed by atoms with van der Waals surface area (Å²) in [5, 5.41) is 8.90. The van der Waals surface area contributed by atoms with Crippen molar-refractivity contribution < 1.29 is 4.79 Å². The number of carbonyl (C=O) groups is 1. The predicted molar refractivity (Wildman–Crippen MR) is 77.6 cm³/mol. The van der Waals surface area contributed by atoms with Gasteiger partial charge in [0.2, 0.25) is 0 Å². The van der Waals surface area contributed by atoms with E-state index >= 15 is 0 Å². The Kier molecular flexibility index (Phi) is 4.35. The molecule has 0 fully saturated rings. The Morgan fingerprint density at radius 2 is 1.75 bits per heavy atom. The van der Waals surface area contributed by atoms with Crippen molar-refractivity contribution in [2.24, 2.45) is 0 Å². The highest BCUT2D eigenvalue weighted by atomic mass is 16.2. The number of para-hydroxylation sites is 1. The summed E-state index contributed by atoms with van der Waals surface area (Å²) in [5.41, 5.74) is 7.65. The molecule has 0 aromatic heterocycles. The van der Waals surface area contributed by atoms with Gasteiger partial charge < -0.3 is 10.6 Å². The highest BCUT2D eigenvalue weighted by Crippen LogP contribution is 2.15. The number of anilines is 1. The summed E-state index contributed by atoms with van der Waals surface area (Å²) in [6, 6.07) is 18.5. The minimum Gasteiger partial charge on any atom is -0.398 e. The Morgan fingerprint density at radius 3 is 2.40 bits per heavy atom. The van der Waals surface area contributed by atoms with E-state index in [1.807, 2.05) is 36.4 Å². The molecular weight excluding hydrogens is 250 g/mol. The molecule has 4 nitrogen and oxygen atoms in total. The van der Waals surface area contributed by atoms with Crippen LogP contribution in [0, 0.1) is 11.3 Å². The largest absolute Gasteiger partial charge is 0.398 e. The van der Waals surface area contributed by atoms with Crippen molar-refractivity contribution in [3.63, 3.8) is 0 Å². The Labute approximate surface area is 118 Å². The van der Waals surface area contributed by atoms with Crippen LogP contribution in [-0.4, -0.2) is 17.4 Å². The molecule has 0 saturated carbocycles. The summed E-state index contributed by atoms with van der Waals surface area (Å²) in [7, 11) is 0. The molecule has 0 radical (unpaired) electrons. The van der Waals surface area contributed by atoms with Gasteiger partial charge in [-0.3, -0.25) is 4.79 Å². The third-order valence-electron chi connectivity index (χ3n) is 2.96. The molecular formula is C16H15N3O. The van der Waals surface area contributed by atoms with Gasteiger partial charge in [0.25, 0.3) is 5.91 Å². The fraction of sp³-hybridized carbons (Fsp3) is 0.125. The van der Waals surface area contributed by atoms with Crippen LogP contribution < -0.4 is 5.73 Å². The number of nitrogens with two attached hydrogens (primary N) is 1. The van der Waals surface area contributed by atoms with Crippen molar-refractivity contribution in [3.05, 3.63) is 65.7 Å². The standard InChI is InChI=1S/C16H15N3O/c17-10-11-19(12-13-6-2-1-3-7-13)16(20)14-8-4-5-9-15(14)18/h1-9H,11-12,18H2. The summed E-state index contributed by atoms with van der Waals surface area (Å²) >= 11 is 0. The van der Waals surface area contributed by atoms with Crippen molar-refractivity contribution in [2.75, 3.05) is 12.3 Å². The first kappa shape index (κ1) is 13.6. The number of hydrogen-bond donors (Lipinski definition) is 1. The molecule has 2 rings (SSSR count). The molecule has 0 aliphatic carbocycles. The smallest absolute Gasteiger partial charge is 0.257 e. The summed E-state index contributed by atoms with van der Waals surface area (Å²) in [6.07, 6.45) is 0. The molecule has 2 aromatic carbocycles. The van der Waals surface area contributed by atoms with E-state index in [1.54, 1.807) is 24.3 Å². The molecule has 0 aliphatic heterocycles. The van der Waals surface area contributed by atoms with E-state index in [9.17, 15) is 4.79 Å². The van der Waals surface area contributed by atoms with E-state index in [2.05, 4.69) is 0 Å². The first-order valence-corrected chi connectivity index (χ1v) is 6.27. The van der Waals surface area contributed by atoms with Crippen molar-refractivity contribution in [1.82, 2.24) is 4.90 Å². The molecule has 4 heteroatoms. The van der Waals surface area contributed by atoms with E-state index in [4.69, 9.17) is 11.0 Å². The molecule has 0 unspecified atom stereocenters. The lowest BCUT2D eigenvalue weighted by atomic mass is 10.1. The van der Waals surface area contributed by atoms with Gasteiger partial charge in [-0.05, 0) is 17.7 Å². The van der Waals surface area contributed by atoms with Crippen LogP contribution in [0.25, 0.3) is 0 Å². The van der Waals surface area contributed by atoms with Crippen LogP contribution in [0.3, 0.4) is 0 Å². The van der Waals surface area contributed by atoms with Crippen LogP contribution in [0.1, 0.15) is 15.9 Å². The van der Waals surface area contributed by atoms with Gasteiger partial charge in [0, 0.05) is 12.2 Å². The fourth-order valence-electron chi connectivity index (χ4n) is 1.95. The number of amides is 1. The zero-order chi connectivity index (χ0) is 14.4. The van der Waals surface area contributed by atoms with Crippen LogP contribution in [0.15, 0.2) is 54.6 Å². The lowest BCUT2D eigenvalue weighted by Crippen LogP contribution is -2.31. The second-order valence-electron chi connectivity index (χ2n) is 4.39. The number of hydrogen-bond acceptors (Lipinski definition) is 3. The zero-order valence-corrected chi connectivity index (χ0v) is 11.0. The molecule has 2 aromatic rings. The van der Waals surface area contributed by atoms with Crippen LogP contribution >= 0.6 is 0 Å². The van der Waals surface area contributed by atoms with Crippen LogP contribution in [-0.2, 0) is 6.54 Å². The van der Waals surface area contributed by atoms with Gasteiger partial charge in [-0.2, -0.15) is 5.26 Å². The number of benzene rings is 2. The van der Waals surface area contributed by atoms with Gasteiger partial charge in [0.1, 0.15) is 6.54 Å². The first-order valence-electron chi connectivity index (χ1n) is 6.27. The SMILES string of the molecule is N#CCN(Cc1ccccc1)C(=O)c1ccccc1N. The number of nitriles is 1. The van der Waals surface area contributed by atoms with Crippen molar-refractivity contribution in [1.29, 1.82) is 5.26 Å². The third kappa shape index (κ3) is 3.15. The lowest BCUT2D eigenvalue weighted by Gasteiger charge is -2.20. The van der Waals surface area contributed by atoms with Crippen LogP contribution in [0.4, 0.5) is 5.69 Å². The number of nitrogens with zero attached hydrogens (tertiary/aromatic N) is 2. The third-order valence-corrected chi connectivity index (χ3v) is 2.96. The second-order valence-corrected chi connectivity index (χ2v) is 4.39. The average molecular weight is 265 g/mol. The predicted octanol–water partition coefficient (Wildman–Crippen LogP) is 2.43. The van der Waals surface area contributed by atoms with Gasteiger partial charge in [-0.1, -0.05) is 42.5 Å². The van der Waals surface area contributed by atoms with Crippen molar-refractivity contribution in [3.8, 4) is 6.07 Å². The van der Waals surface area contributed by atoms with Gasteiger partial charge >= 0.3 is 0 Å². The second kappa shape index (κ2) is 6.39. The fourth-order valence-corrected chi connectivity index (χ4v) is 1.95. The monoisotopic (exact) mass is 265 g/mol. The molecule has 2 N–H and O–H groups in total. The van der Waals surface area contributed by atoms with Crippen molar-refractivity contribution >= 4 is 11.6 Å². The normalized spacial score (nSPS) is 9.75. The number of carbonyl (C=O) groups excluding carboxylic acids is 1. The molecule has 0 spiro atoms. The highest BCUT2D eigenvalue weighted by molar-refractivity contribution is 5.99. The first-order chi connectivity index (χ1) is 9.72. The van der Waals surface area contributed by atoms with E-state index in [-0.39, 0.29) is 12.5 Å². The topological polar surface area (TPSA) is 70.1 Å². The minimum atomic E-state index is -0.228. The number of nitrogen functional groups attached to an aromatic ring is 1. The van der Waals surface area contributed by atoms with Crippen LogP contribution in [0.5, 0.6) is 0 Å². The lowest BCUT2D eigenvalue weighted by molar-refractivity contribution is 0.0766. The Morgan fingerprint density at radius 1 is 1.10 bits per heavy atom. The van der Waals surface area contributed by atoms with Gasteiger partial charge in [0.15, 0.2) is 0 Å². The van der Waals surface area contributed by atoms with Gasteiger partial charge in [-0.25, -0.2) is 0 Å².